The lowest BCUT2D eigenvalue weighted by Crippen LogP contribution is -1.71. The van der Waals surface area contributed by atoms with Crippen LogP contribution in [-0.4, -0.2) is 16.7 Å². The van der Waals surface area contributed by atoms with E-state index in [1.165, 1.54) is 0 Å². The molecule has 0 saturated carbocycles. The molecule has 0 aromatic carbocycles. The van der Waals surface area contributed by atoms with E-state index in [9.17, 15) is 0 Å². The lowest BCUT2D eigenvalue weighted by Gasteiger charge is -1.77. The molecule has 1 rings (SSSR count). The highest BCUT2D eigenvalue weighted by Gasteiger charge is 1.83. The van der Waals surface area contributed by atoms with Crippen LogP contribution in [0.5, 0.6) is 0 Å². The van der Waals surface area contributed by atoms with Crippen LogP contribution in [0.3, 0.4) is 0 Å². The Kier molecular flexibility index (Phi) is 2.42. The number of aromatic nitrogens is 1. The molecule has 0 bridgehead atoms. The second kappa shape index (κ2) is 3.37. The molecule has 2 nitrogen and oxygen atoms in total. The molecule has 0 aliphatic carbocycles. The first-order chi connectivity index (χ1) is 4.43. The Labute approximate surface area is 57.5 Å². The first-order valence-corrected chi connectivity index (χ1v) is 3.53. The van der Waals surface area contributed by atoms with E-state index in [2.05, 4.69) is 4.98 Å². The van der Waals surface area contributed by atoms with Crippen LogP contribution in [0.15, 0.2) is 17.0 Å². The number of nitrogens with zero attached hydrogens (tertiary/aromatic N) is 1. The highest BCUT2D eigenvalue weighted by molar-refractivity contribution is 7.07. The van der Waals surface area contributed by atoms with Crippen LogP contribution in [0.2, 0.25) is 0 Å². The molecule has 1 aromatic rings. The summed E-state index contributed by atoms with van der Waals surface area (Å²) in [4.78, 5) is 3.97. The van der Waals surface area contributed by atoms with Crippen LogP contribution in [0.25, 0.3) is 6.08 Å². The summed E-state index contributed by atoms with van der Waals surface area (Å²) in [5.74, 6) is 0. The van der Waals surface area contributed by atoms with Crippen LogP contribution in [0.1, 0.15) is 5.69 Å². The van der Waals surface area contributed by atoms with E-state index >= 15 is 0 Å². The van der Waals surface area contributed by atoms with Gasteiger partial charge < -0.3 is 5.11 Å². The molecule has 0 radical (unpaired) electrons. The van der Waals surface area contributed by atoms with Gasteiger partial charge in [0.2, 0.25) is 0 Å². The topological polar surface area (TPSA) is 33.1 Å². The second-order valence-electron chi connectivity index (χ2n) is 1.50. The van der Waals surface area contributed by atoms with Crippen molar-refractivity contribution in [2.24, 2.45) is 0 Å². The number of rotatable bonds is 2. The summed E-state index contributed by atoms with van der Waals surface area (Å²) < 4.78 is 0. The van der Waals surface area contributed by atoms with Crippen molar-refractivity contribution < 1.29 is 5.11 Å². The second-order valence-corrected chi connectivity index (χ2v) is 2.22. The van der Waals surface area contributed by atoms with Gasteiger partial charge in [-0.25, -0.2) is 4.98 Å². The van der Waals surface area contributed by atoms with Gasteiger partial charge in [0.1, 0.15) is 0 Å². The lowest BCUT2D eigenvalue weighted by molar-refractivity contribution is 0.343. The Balaban J connectivity index is 2.57. The van der Waals surface area contributed by atoms with E-state index < -0.39 is 0 Å². The lowest BCUT2D eigenvalue weighted by atomic mass is 10.4. The SMILES string of the molecule is OC/C=C/c1cscn1. The average Bonchev–Trinajstić information content (AvgIpc) is 2.34. The Morgan fingerprint density at radius 1 is 1.78 bits per heavy atom. The Bertz CT molecular complexity index is 181. The number of hydrogen-bond donors (Lipinski definition) is 1. The third-order valence-corrected chi connectivity index (χ3v) is 1.45. The summed E-state index contributed by atoms with van der Waals surface area (Å²) in [6, 6.07) is 0. The van der Waals surface area contributed by atoms with Crippen molar-refractivity contribution in [2.75, 3.05) is 6.61 Å². The van der Waals surface area contributed by atoms with Crippen LogP contribution < -0.4 is 0 Å². The molecule has 3 heteroatoms. The van der Waals surface area contributed by atoms with Crippen molar-refractivity contribution in [1.82, 2.24) is 4.98 Å². The molecule has 48 valence electrons. The molecule has 0 unspecified atom stereocenters. The average molecular weight is 141 g/mol. The molecule has 0 atom stereocenters. The standard InChI is InChI=1S/C6H7NOS/c8-3-1-2-6-4-9-5-7-6/h1-2,4-5,8H,3H2/b2-1+. The minimum absolute atomic E-state index is 0.0809. The summed E-state index contributed by atoms with van der Waals surface area (Å²) >= 11 is 1.55. The van der Waals surface area contributed by atoms with Gasteiger partial charge in [0.05, 0.1) is 17.8 Å². The molecule has 0 amide bonds. The smallest absolute Gasteiger partial charge is 0.0798 e. The summed E-state index contributed by atoms with van der Waals surface area (Å²) in [7, 11) is 0. The minimum atomic E-state index is 0.0809. The van der Waals surface area contributed by atoms with E-state index in [0.717, 1.165) is 5.69 Å². The summed E-state index contributed by atoms with van der Waals surface area (Å²) in [5.41, 5.74) is 2.67. The summed E-state index contributed by atoms with van der Waals surface area (Å²) in [6.07, 6.45) is 3.45. The molecule has 1 heterocycles. The maximum Gasteiger partial charge on any atom is 0.0798 e. The van der Waals surface area contributed by atoms with Crippen molar-refractivity contribution in [3.8, 4) is 0 Å². The fourth-order valence-corrected chi connectivity index (χ4v) is 1.000. The Morgan fingerprint density at radius 2 is 2.67 bits per heavy atom. The molecule has 0 spiro atoms. The predicted octanol–water partition coefficient (Wildman–Crippen LogP) is 1.15. The van der Waals surface area contributed by atoms with Crippen LogP contribution in [0.4, 0.5) is 0 Å². The zero-order chi connectivity index (χ0) is 6.53. The first-order valence-electron chi connectivity index (χ1n) is 2.59. The van der Waals surface area contributed by atoms with Crippen molar-refractivity contribution >= 4 is 17.4 Å². The zero-order valence-electron chi connectivity index (χ0n) is 4.82. The normalized spacial score (nSPS) is 10.8. The van der Waals surface area contributed by atoms with Crippen LogP contribution in [0, 0.1) is 0 Å². The first kappa shape index (κ1) is 6.45. The number of aliphatic hydroxyl groups excluding tert-OH is 1. The highest BCUT2D eigenvalue weighted by atomic mass is 32.1. The molecule has 0 fully saturated rings. The van der Waals surface area contributed by atoms with Gasteiger partial charge >= 0.3 is 0 Å². The highest BCUT2D eigenvalue weighted by Crippen LogP contribution is 2.01. The van der Waals surface area contributed by atoms with Gasteiger partial charge in [-0.1, -0.05) is 6.08 Å². The summed E-state index contributed by atoms with van der Waals surface area (Å²) in [5, 5.41) is 10.3. The fraction of sp³-hybridized carbons (Fsp3) is 0.167. The Hall–Kier alpha value is -0.670. The monoisotopic (exact) mass is 141 g/mol. The number of thiazole rings is 1. The van der Waals surface area contributed by atoms with Crippen molar-refractivity contribution in [2.45, 2.75) is 0 Å². The molecule has 1 N–H and O–H groups in total. The minimum Gasteiger partial charge on any atom is -0.392 e. The maximum atomic E-state index is 8.35. The number of hydrogen-bond acceptors (Lipinski definition) is 3. The Morgan fingerprint density at radius 3 is 3.22 bits per heavy atom. The number of aliphatic hydroxyl groups is 1. The van der Waals surface area contributed by atoms with Gasteiger partial charge in [0, 0.05) is 5.38 Å². The molecule has 0 saturated heterocycles. The fourth-order valence-electron chi connectivity index (χ4n) is 0.478. The quantitative estimate of drug-likeness (QED) is 0.670. The van der Waals surface area contributed by atoms with Gasteiger partial charge in [-0.2, -0.15) is 0 Å². The molecule has 1 aromatic heterocycles. The van der Waals surface area contributed by atoms with Crippen LogP contribution in [-0.2, 0) is 0 Å². The van der Waals surface area contributed by atoms with Crippen LogP contribution >= 0.6 is 11.3 Å². The van der Waals surface area contributed by atoms with Gasteiger partial charge in [-0.15, -0.1) is 11.3 Å². The van der Waals surface area contributed by atoms with E-state index in [-0.39, 0.29) is 6.61 Å². The van der Waals surface area contributed by atoms with Crippen molar-refractivity contribution in [1.29, 1.82) is 0 Å². The van der Waals surface area contributed by atoms with E-state index in [1.807, 2.05) is 5.38 Å². The van der Waals surface area contributed by atoms with Gasteiger partial charge in [-0.05, 0) is 6.08 Å². The van der Waals surface area contributed by atoms with Crippen molar-refractivity contribution in [3.05, 3.63) is 22.7 Å². The largest absolute Gasteiger partial charge is 0.392 e. The molecule has 0 aliphatic rings. The molecule has 0 aliphatic heterocycles. The predicted molar refractivity (Wildman–Crippen MR) is 38.2 cm³/mol. The molecule has 9 heavy (non-hydrogen) atoms. The molecular weight excluding hydrogens is 134 g/mol. The molecular formula is C6H7NOS. The third kappa shape index (κ3) is 1.95. The van der Waals surface area contributed by atoms with E-state index in [4.69, 9.17) is 5.11 Å². The maximum absolute atomic E-state index is 8.35. The summed E-state index contributed by atoms with van der Waals surface area (Å²) in [6.45, 7) is 0.0809. The zero-order valence-corrected chi connectivity index (χ0v) is 5.64. The van der Waals surface area contributed by atoms with E-state index in [0.29, 0.717) is 0 Å². The van der Waals surface area contributed by atoms with Gasteiger partial charge in [-0.3, -0.25) is 0 Å². The van der Waals surface area contributed by atoms with Gasteiger partial charge in [0.25, 0.3) is 0 Å². The van der Waals surface area contributed by atoms with Gasteiger partial charge in [0.15, 0.2) is 0 Å². The third-order valence-electron chi connectivity index (χ3n) is 0.845. The van der Waals surface area contributed by atoms with Crippen molar-refractivity contribution in [3.63, 3.8) is 0 Å². The van der Waals surface area contributed by atoms with E-state index in [1.54, 1.807) is 29.0 Å².